The number of hydrogen-bond acceptors (Lipinski definition) is 3. The van der Waals surface area contributed by atoms with E-state index in [1.54, 1.807) is 0 Å². The summed E-state index contributed by atoms with van der Waals surface area (Å²) < 4.78 is 0. The monoisotopic (exact) mass is 211 g/mol. The van der Waals surface area contributed by atoms with Crippen LogP contribution in [0.5, 0.6) is 0 Å². The molecule has 0 aromatic rings. The van der Waals surface area contributed by atoms with Gasteiger partial charge in [0.05, 0.1) is 0 Å². The molecule has 3 heteroatoms. The summed E-state index contributed by atoms with van der Waals surface area (Å²) >= 11 is 0. The van der Waals surface area contributed by atoms with Crippen LogP contribution in [0.1, 0.15) is 51.4 Å². The molecule has 0 radical (unpaired) electrons. The van der Waals surface area contributed by atoms with Gasteiger partial charge in [0, 0.05) is 32.2 Å². The standard InChI is InChI=1S/C12H21NO2/c14-11-5-2-1-3-6-12(15)8-10-13-9-4-7-11/h13H,1-10H2. The number of hydrogen-bond donors (Lipinski definition) is 1. The van der Waals surface area contributed by atoms with E-state index in [1.807, 2.05) is 0 Å². The molecule has 0 saturated carbocycles. The predicted octanol–water partition coefficient (Wildman–Crippen LogP) is 1.85. The van der Waals surface area contributed by atoms with E-state index in [1.165, 1.54) is 0 Å². The average molecular weight is 211 g/mol. The van der Waals surface area contributed by atoms with Gasteiger partial charge in [-0.25, -0.2) is 0 Å². The molecule has 0 aliphatic carbocycles. The SMILES string of the molecule is O=C1CCCCCC(=O)CCNCCC1. The Morgan fingerprint density at radius 3 is 2.00 bits per heavy atom. The van der Waals surface area contributed by atoms with Crippen molar-refractivity contribution in [3.05, 3.63) is 0 Å². The predicted molar refractivity (Wildman–Crippen MR) is 59.8 cm³/mol. The molecule has 86 valence electrons. The molecule has 0 aromatic heterocycles. The van der Waals surface area contributed by atoms with Gasteiger partial charge in [0.2, 0.25) is 0 Å². The lowest BCUT2D eigenvalue weighted by Gasteiger charge is -2.02. The molecule has 1 aliphatic heterocycles. The maximum atomic E-state index is 11.4. The van der Waals surface area contributed by atoms with Crippen LogP contribution in [0.2, 0.25) is 0 Å². The highest BCUT2D eigenvalue weighted by molar-refractivity contribution is 5.79. The third kappa shape index (κ3) is 6.39. The van der Waals surface area contributed by atoms with E-state index in [2.05, 4.69) is 5.32 Å². The number of ketones is 2. The first kappa shape index (κ1) is 12.4. The zero-order chi connectivity index (χ0) is 10.9. The van der Waals surface area contributed by atoms with Crippen molar-refractivity contribution in [3.63, 3.8) is 0 Å². The van der Waals surface area contributed by atoms with Gasteiger partial charge in [-0.1, -0.05) is 6.42 Å². The van der Waals surface area contributed by atoms with Gasteiger partial charge in [-0.3, -0.25) is 9.59 Å². The minimum Gasteiger partial charge on any atom is -0.316 e. The Hall–Kier alpha value is -0.700. The Labute approximate surface area is 91.6 Å². The Kier molecular flexibility index (Phi) is 6.25. The number of nitrogens with one attached hydrogen (secondary N) is 1. The van der Waals surface area contributed by atoms with Crippen molar-refractivity contribution < 1.29 is 9.59 Å². The van der Waals surface area contributed by atoms with Crippen molar-refractivity contribution in [3.8, 4) is 0 Å². The first-order chi connectivity index (χ1) is 7.29. The average Bonchev–Trinajstić information content (AvgIpc) is 2.23. The zero-order valence-electron chi connectivity index (χ0n) is 9.39. The Morgan fingerprint density at radius 1 is 0.667 bits per heavy atom. The van der Waals surface area contributed by atoms with Crippen molar-refractivity contribution in [2.24, 2.45) is 0 Å². The molecule has 3 nitrogen and oxygen atoms in total. The number of Topliss-reactive ketones (excluding diaryl/α,β-unsaturated/α-hetero) is 2. The van der Waals surface area contributed by atoms with Crippen LogP contribution in [0.15, 0.2) is 0 Å². The third-order valence-corrected chi connectivity index (χ3v) is 2.80. The fraction of sp³-hybridized carbons (Fsp3) is 0.833. The molecule has 1 rings (SSSR count). The van der Waals surface area contributed by atoms with E-state index in [4.69, 9.17) is 0 Å². The van der Waals surface area contributed by atoms with E-state index in [0.717, 1.165) is 38.8 Å². The summed E-state index contributed by atoms with van der Waals surface area (Å²) in [5.41, 5.74) is 0. The largest absolute Gasteiger partial charge is 0.316 e. The number of carbonyl (C=O) groups is 2. The molecular weight excluding hydrogens is 190 g/mol. The van der Waals surface area contributed by atoms with Crippen LogP contribution in [0.4, 0.5) is 0 Å². The van der Waals surface area contributed by atoms with Gasteiger partial charge in [-0.15, -0.1) is 0 Å². The minimum atomic E-state index is 0.355. The number of carbonyl (C=O) groups excluding carboxylic acids is 2. The first-order valence-corrected chi connectivity index (χ1v) is 6.03. The minimum absolute atomic E-state index is 0.355. The zero-order valence-corrected chi connectivity index (χ0v) is 9.39. The smallest absolute Gasteiger partial charge is 0.134 e. The van der Waals surface area contributed by atoms with Crippen molar-refractivity contribution in [1.82, 2.24) is 5.32 Å². The summed E-state index contributed by atoms with van der Waals surface area (Å²) in [6.07, 6.45) is 6.57. The summed E-state index contributed by atoms with van der Waals surface area (Å²) in [5, 5.41) is 3.20. The lowest BCUT2D eigenvalue weighted by molar-refractivity contribution is -0.119. The van der Waals surface area contributed by atoms with E-state index in [9.17, 15) is 9.59 Å². The highest BCUT2D eigenvalue weighted by atomic mass is 16.1. The molecule has 1 fully saturated rings. The van der Waals surface area contributed by atoms with Crippen LogP contribution in [0.25, 0.3) is 0 Å². The first-order valence-electron chi connectivity index (χ1n) is 6.03. The van der Waals surface area contributed by atoms with E-state index in [0.29, 0.717) is 37.2 Å². The van der Waals surface area contributed by atoms with Gasteiger partial charge in [-0.05, 0) is 25.8 Å². The molecule has 15 heavy (non-hydrogen) atoms. The van der Waals surface area contributed by atoms with Gasteiger partial charge in [-0.2, -0.15) is 0 Å². The van der Waals surface area contributed by atoms with Crippen LogP contribution < -0.4 is 5.32 Å². The second-order valence-electron chi connectivity index (χ2n) is 4.24. The maximum absolute atomic E-state index is 11.4. The van der Waals surface area contributed by atoms with E-state index in [-0.39, 0.29) is 0 Å². The molecule has 0 amide bonds. The molecular formula is C12H21NO2. The van der Waals surface area contributed by atoms with Crippen LogP contribution >= 0.6 is 0 Å². The van der Waals surface area contributed by atoms with Crippen LogP contribution in [0.3, 0.4) is 0 Å². The van der Waals surface area contributed by atoms with Gasteiger partial charge in [0.1, 0.15) is 11.6 Å². The fourth-order valence-corrected chi connectivity index (χ4v) is 1.83. The Balaban J connectivity index is 2.26. The summed E-state index contributed by atoms with van der Waals surface area (Å²) in [7, 11) is 0. The van der Waals surface area contributed by atoms with Crippen LogP contribution in [-0.2, 0) is 9.59 Å². The van der Waals surface area contributed by atoms with E-state index < -0.39 is 0 Å². The summed E-state index contributed by atoms with van der Waals surface area (Å²) in [5.74, 6) is 0.732. The third-order valence-electron chi connectivity index (χ3n) is 2.80. The van der Waals surface area contributed by atoms with Crippen LogP contribution in [-0.4, -0.2) is 24.7 Å². The van der Waals surface area contributed by atoms with Crippen molar-refractivity contribution in [2.75, 3.05) is 13.1 Å². The van der Waals surface area contributed by atoms with Crippen LogP contribution in [0, 0.1) is 0 Å². The molecule has 0 unspecified atom stereocenters. The second kappa shape index (κ2) is 7.57. The molecule has 0 atom stereocenters. The maximum Gasteiger partial charge on any atom is 0.134 e. The summed E-state index contributed by atoms with van der Waals surface area (Å²) in [6, 6.07) is 0. The van der Waals surface area contributed by atoms with Gasteiger partial charge in [0.25, 0.3) is 0 Å². The quantitative estimate of drug-likeness (QED) is 0.665. The molecule has 1 saturated heterocycles. The highest BCUT2D eigenvalue weighted by Gasteiger charge is 2.05. The number of rotatable bonds is 0. The highest BCUT2D eigenvalue weighted by Crippen LogP contribution is 2.07. The summed E-state index contributed by atoms with van der Waals surface area (Å²) in [4.78, 5) is 22.7. The normalized spacial score (nSPS) is 22.7. The van der Waals surface area contributed by atoms with Crippen molar-refractivity contribution in [2.45, 2.75) is 51.4 Å². The van der Waals surface area contributed by atoms with Gasteiger partial charge in [0.15, 0.2) is 0 Å². The fourth-order valence-electron chi connectivity index (χ4n) is 1.83. The summed E-state index contributed by atoms with van der Waals surface area (Å²) in [6.45, 7) is 1.63. The van der Waals surface area contributed by atoms with Crippen molar-refractivity contribution >= 4 is 11.6 Å². The van der Waals surface area contributed by atoms with E-state index >= 15 is 0 Å². The lowest BCUT2D eigenvalue weighted by atomic mass is 10.1. The molecule has 0 aromatic carbocycles. The molecule has 1 aliphatic rings. The Bertz CT molecular complexity index is 192. The molecule has 0 spiro atoms. The Morgan fingerprint density at radius 2 is 1.27 bits per heavy atom. The molecule has 1 N–H and O–H groups in total. The lowest BCUT2D eigenvalue weighted by Crippen LogP contribution is -2.19. The van der Waals surface area contributed by atoms with Gasteiger partial charge < -0.3 is 5.32 Å². The molecule has 0 bridgehead atoms. The van der Waals surface area contributed by atoms with Crippen molar-refractivity contribution in [1.29, 1.82) is 0 Å². The molecule has 1 heterocycles. The topological polar surface area (TPSA) is 46.2 Å². The second-order valence-corrected chi connectivity index (χ2v) is 4.24. The van der Waals surface area contributed by atoms with Gasteiger partial charge >= 0.3 is 0 Å².